The van der Waals surface area contributed by atoms with Crippen LogP contribution in [0.3, 0.4) is 0 Å². The lowest BCUT2D eigenvalue weighted by Gasteiger charge is -2.14. The van der Waals surface area contributed by atoms with E-state index in [4.69, 9.17) is 0 Å². The molecule has 1 aliphatic rings. The van der Waals surface area contributed by atoms with Crippen molar-refractivity contribution in [3.63, 3.8) is 0 Å². The van der Waals surface area contributed by atoms with Gasteiger partial charge in [-0.15, -0.1) is 0 Å². The first-order valence-electron chi connectivity index (χ1n) is 10.9. The monoisotopic (exact) mass is 429 g/mol. The molecule has 1 aliphatic carbocycles. The Hall–Kier alpha value is -3.74. The molecule has 0 spiro atoms. The second-order valence-electron chi connectivity index (χ2n) is 8.41. The minimum absolute atomic E-state index is 0.0834. The molecule has 3 aromatic rings. The zero-order valence-corrected chi connectivity index (χ0v) is 18.3. The third-order valence-corrected chi connectivity index (χ3v) is 5.20. The van der Waals surface area contributed by atoms with Crippen LogP contribution in [0.25, 0.3) is 0 Å². The Morgan fingerprint density at radius 3 is 2.44 bits per heavy atom. The van der Waals surface area contributed by atoms with E-state index in [-0.39, 0.29) is 17.8 Å². The highest BCUT2D eigenvalue weighted by atomic mass is 16.2. The van der Waals surface area contributed by atoms with Crippen LogP contribution in [0, 0.1) is 5.92 Å². The van der Waals surface area contributed by atoms with Gasteiger partial charge in [-0.05, 0) is 72.7 Å². The first-order chi connectivity index (χ1) is 15.5. The van der Waals surface area contributed by atoms with E-state index < -0.39 is 0 Å². The van der Waals surface area contributed by atoms with Crippen molar-refractivity contribution >= 4 is 29.1 Å². The number of carbonyl (C=O) groups excluding carboxylic acids is 2. The highest BCUT2D eigenvalue weighted by molar-refractivity contribution is 6.03. The summed E-state index contributed by atoms with van der Waals surface area (Å²) in [6, 6.07) is 14.8. The van der Waals surface area contributed by atoms with Crippen LogP contribution in [0.2, 0.25) is 0 Å². The Kier molecular flexibility index (Phi) is 6.44. The molecule has 1 heterocycles. The average molecular weight is 430 g/mol. The molecule has 1 fully saturated rings. The molecule has 0 aliphatic heterocycles. The van der Waals surface area contributed by atoms with Gasteiger partial charge in [0.15, 0.2) is 0 Å². The number of anilines is 3. The summed E-state index contributed by atoms with van der Waals surface area (Å²) in [6.45, 7) is 4.77. The summed E-state index contributed by atoms with van der Waals surface area (Å²) in [5.74, 6) is 0.773. The van der Waals surface area contributed by atoms with Crippen LogP contribution in [0.15, 0.2) is 60.9 Å². The summed E-state index contributed by atoms with van der Waals surface area (Å²) in [7, 11) is 0. The van der Waals surface area contributed by atoms with E-state index in [1.807, 2.05) is 36.4 Å². The topological polar surface area (TPSA) is 96.0 Å². The number of amides is 2. The summed E-state index contributed by atoms with van der Waals surface area (Å²) >= 11 is 0. The van der Waals surface area contributed by atoms with E-state index in [0.717, 1.165) is 29.8 Å². The highest BCUT2D eigenvalue weighted by Crippen LogP contribution is 2.44. The summed E-state index contributed by atoms with van der Waals surface area (Å²) < 4.78 is 0. The SMILES string of the molecule is CC(C)CNC(=O)c1cccc(Nc2ccc(C(=O)Nc3ncccn3)cc2C2CC2)c1. The van der Waals surface area contributed by atoms with E-state index in [1.54, 1.807) is 24.5 Å². The van der Waals surface area contributed by atoms with Gasteiger partial charge in [0.05, 0.1) is 0 Å². The zero-order chi connectivity index (χ0) is 22.5. The normalized spacial score (nSPS) is 13.0. The molecule has 0 radical (unpaired) electrons. The Balaban J connectivity index is 1.51. The van der Waals surface area contributed by atoms with Crippen molar-refractivity contribution in [2.24, 2.45) is 5.92 Å². The van der Waals surface area contributed by atoms with Gasteiger partial charge in [-0.2, -0.15) is 0 Å². The number of hydrogen-bond acceptors (Lipinski definition) is 5. The zero-order valence-electron chi connectivity index (χ0n) is 18.3. The van der Waals surface area contributed by atoms with Crippen LogP contribution < -0.4 is 16.0 Å². The molecule has 1 saturated carbocycles. The fourth-order valence-corrected chi connectivity index (χ4v) is 3.38. The number of nitrogens with zero attached hydrogens (tertiary/aromatic N) is 2. The van der Waals surface area contributed by atoms with Gasteiger partial charge >= 0.3 is 0 Å². The van der Waals surface area contributed by atoms with E-state index in [2.05, 4.69) is 39.8 Å². The van der Waals surface area contributed by atoms with Crippen LogP contribution in [0.4, 0.5) is 17.3 Å². The van der Waals surface area contributed by atoms with Gasteiger partial charge in [-0.25, -0.2) is 9.97 Å². The van der Waals surface area contributed by atoms with Gasteiger partial charge in [0.25, 0.3) is 11.8 Å². The lowest BCUT2D eigenvalue weighted by atomic mass is 10.0. The van der Waals surface area contributed by atoms with Crippen molar-refractivity contribution in [3.8, 4) is 0 Å². The van der Waals surface area contributed by atoms with Gasteiger partial charge in [0.2, 0.25) is 5.95 Å². The summed E-state index contributed by atoms with van der Waals surface area (Å²) in [6.07, 6.45) is 5.36. The first-order valence-corrected chi connectivity index (χ1v) is 10.9. The molecule has 7 heteroatoms. The third kappa shape index (κ3) is 5.49. The number of hydrogen-bond donors (Lipinski definition) is 3. The number of carbonyl (C=O) groups is 2. The van der Waals surface area contributed by atoms with E-state index in [1.165, 1.54) is 0 Å². The van der Waals surface area contributed by atoms with Gasteiger partial charge < -0.3 is 10.6 Å². The van der Waals surface area contributed by atoms with Crippen molar-refractivity contribution in [2.45, 2.75) is 32.6 Å². The van der Waals surface area contributed by atoms with E-state index in [9.17, 15) is 9.59 Å². The van der Waals surface area contributed by atoms with Crippen molar-refractivity contribution in [2.75, 3.05) is 17.2 Å². The molecule has 32 heavy (non-hydrogen) atoms. The maximum atomic E-state index is 12.7. The summed E-state index contributed by atoms with van der Waals surface area (Å²) in [4.78, 5) is 33.2. The molecule has 0 bridgehead atoms. The minimum Gasteiger partial charge on any atom is -0.355 e. The molecular formula is C25H27N5O2. The quantitative estimate of drug-likeness (QED) is 0.481. The number of nitrogens with one attached hydrogen (secondary N) is 3. The molecule has 4 rings (SSSR count). The number of benzene rings is 2. The summed E-state index contributed by atoms with van der Waals surface area (Å²) in [5.41, 5.74) is 4.05. The molecule has 0 unspecified atom stereocenters. The van der Waals surface area contributed by atoms with Crippen molar-refractivity contribution in [3.05, 3.63) is 77.6 Å². The molecule has 0 atom stereocenters. The second-order valence-corrected chi connectivity index (χ2v) is 8.41. The van der Waals surface area contributed by atoms with E-state index in [0.29, 0.717) is 29.5 Å². The minimum atomic E-state index is -0.242. The first kappa shape index (κ1) is 21.5. The molecule has 3 N–H and O–H groups in total. The van der Waals surface area contributed by atoms with Crippen LogP contribution >= 0.6 is 0 Å². The van der Waals surface area contributed by atoms with Crippen molar-refractivity contribution in [1.29, 1.82) is 0 Å². The Bertz CT molecular complexity index is 1110. The average Bonchev–Trinajstić information content (AvgIpc) is 3.64. The standard InChI is InChI=1S/C25H27N5O2/c1-16(2)15-28-23(31)18-5-3-6-20(13-18)29-22-10-9-19(14-21(22)17-7-8-17)24(32)30-25-26-11-4-12-27-25/h3-6,9-14,16-17,29H,7-8,15H2,1-2H3,(H,28,31)(H,26,27,30,32). The van der Waals surface area contributed by atoms with Gasteiger partial charge in [0, 0.05) is 41.4 Å². The van der Waals surface area contributed by atoms with Gasteiger partial charge in [0.1, 0.15) is 0 Å². The lowest BCUT2D eigenvalue weighted by Crippen LogP contribution is -2.27. The van der Waals surface area contributed by atoms with Crippen LogP contribution in [-0.4, -0.2) is 28.3 Å². The number of aromatic nitrogens is 2. The smallest absolute Gasteiger partial charge is 0.258 e. The lowest BCUT2D eigenvalue weighted by molar-refractivity contribution is 0.0948. The van der Waals surface area contributed by atoms with Crippen LogP contribution in [0.1, 0.15) is 58.9 Å². The fourth-order valence-electron chi connectivity index (χ4n) is 3.38. The molecular weight excluding hydrogens is 402 g/mol. The molecule has 2 aromatic carbocycles. The van der Waals surface area contributed by atoms with Crippen LogP contribution in [-0.2, 0) is 0 Å². The fraction of sp³-hybridized carbons (Fsp3) is 0.280. The van der Waals surface area contributed by atoms with Crippen molar-refractivity contribution in [1.82, 2.24) is 15.3 Å². The third-order valence-electron chi connectivity index (χ3n) is 5.20. The molecule has 164 valence electrons. The Morgan fingerprint density at radius 1 is 0.969 bits per heavy atom. The largest absolute Gasteiger partial charge is 0.355 e. The van der Waals surface area contributed by atoms with Crippen LogP contribution in [0.5, 0.6) is 0 Å². The Morgan fingerprint density at radius 2 is 1.72 bits per heavy atom. The Labute approximate surface area is 187 Å². The second kappa shape index (κ2) is 9.60. The maximum absolute atomic E-state index is 12.7. The van der Waals surface area contributed by atoms with Gasteiger partial charge in [-0.3, -0.25) is 14.9 Å². The molecule has 1 aromatic heterocycles. The molecule has 2 amide bonds. The summed E-state index contributed by atoms with van der Waals surface area (Å²) in [5, 5.41) is 9.11. The maximum Gasteiger partial charge on any atom is 0.258 e. The molecule has 7 nitrogen and oxygen atoms in total. The van der Waals surface area contributed by atoms with Crippen molar-refractivity contribution < 1.29 is 9.59 Å². The highest BCUT2D eigenvalue weighted by Gasteiger charge is 2.27. The predicted octanol–water partition coefficient (Wildman–Crippen LogP) is 4.74. The molecule has 0 saturated heterocycles. The van der Waals surface area contributed by atoms with E-state index >= 15 is 0 Å². The number of rotatable bonds is 8. The predicted molar refractivity (Wildman–Crippen MR) is 125 cm³/mol. The van der Waals surface area contributed by atoms with Gasteiger partial charge in [-0.1, -0.05) is 19.9 Å².